The van der Waals surface area contributed by atoms with Gasteiger partial charge in [0.1, 0.15) is 5.75 Å². The summed E-state index contributed by atoms with van der Waals surface area (Å²) in [4.78, 5) is 24.6. The van der Waals surface area contributed by atoms with Crippen molar-refractivity contribution in [2.24, 2.45) is 0 Å². The maximum atomic E-state index is 13.7. The predicted octanol–water partition coefficient (Wildman–Crippen LogP) is 4.53. The highest BCUT2D eigenvalue weighted by Crippen LogP contribution is 2.26. The van der Waals surface area contributed by atoms with E-state index in [2.05, 4.69) is 0 Å². The summed E-state index contributed by atoms with van der Waals surface area (Å²) in [7, 11) is 2.95. The van der Waals surface area contributed by atoms with Crippen LogP contribution in [0, 0.1) is 5.82 Å². The Morgan fingerprint density at radius 3 is 2.34 bits per heavy atom. The molecule has 0 radical (unpaired) electrons. The number of Topliss-reactive ketones (excluding diaryl/α,β-unsaturated/α-hetero) is 1. The topological polar surface area (TPSA) is 61.8 Å². The van der Waals surface area contributed by atoms with Crippen LogP contribution in [-0.2, 0) is 9.53 Å². The molecule has 0 fully saturated rings. The number of ether oxygens (including phenoxy) is 3. The lowest BCUT2D eigenvalue weighted by molar-refractivity contribution is -0.143. The van der Waals surface area contributed by atoms with E-state index in [1.54, 1.807) is 14.0 Å². The molecule has 150 valence electrons. The highest BCUT2D eigenvalue weighted by atomic mass is 19.1. The van der Waals surface area contributed by atoms with Crippen molar-refractivity contribution in [3.8, 4) is 11.5 Å². The van der Waals surface area contributed by atoms with Gasteiger partial charge in [-0.05, 0) is 53.6 Å². The second-order valence-electron chi connectivity index (χ2n) is 6.57. The Morgan fingerprint density at radius 1 is 0.931 bits per heavy atom. The average molecular weight is 396 g/mol. The molecule has 3 aromatic carbocycles. The SMILES string of the molecule is COc1ccc2cc([C@H](C)C(=O)OCC(=O)c3ccc(OC)c(F)c3)ccc2c1. The van der Waals surface area contributed by atoms with Crippen molar-refractivity contribution in [1.29, 1.82) is 0 Å². The first-order chi connectivity index (χ1) is 13.9. The van der Waals surface area contributed by atoms with E-state index in [0.717, 1.165) is 28.2 Å². The average Bonchev–Trinajstić information content (AvgIpc) is 2.75. The zero-order valence-electron chi connectivity index (χ0n) is 16.4. The van der Waals surface area contributed by atoms with Gasteiger partial charge in [0.25, 0.3) is 0 Å². The van der Waals surface area contributed by atoms with E-state index in [0.29, 0.717) is 0 Å². The van der Waals surface area contributed by atoms with Gasteiger partial charge in [-0.2, -0.15) is 0 Å². The van der Waals surface area contributed by atoms with Crippen LogP contribution >= 0.6 is 0 Å². The number of carbonyl (C=O) groups excluding carboxylic acids is 2. The molecular weight excluding hydrogens is 375 g/mol. The molecule has 0 aliphatic rings. The third kappa shape index (κ3) is 4.54. The summed E-state index contributed by atoms with van der Waals surface area (Å²) in [5.74, 6) is -1.42. The molecule has 0 unspecified atom stereocenters. The molecule has 0 saturated carbocycles. The molecule has 0 bridgehead atoms. The molecule has 0 N–H and O–H groups in total. The number of hydrogen-bond acceptors (Lipinski definition) is 5. The Bertz CT molecular complexity index is 1060. The minimum atomic E-state index is -0.647. The van der Waals surface area contributed by atoms with E-state index >= 15 is 0 Å². The first-order valence-corrected chi connectivity index (χ1v) is 9.04. The zero-order chi connectivity index (χ0) is 21.0. The number of methoxy groups -OCH3 is 2. The number of benzene rings is 3. The zero-order valence-corrected chi connectivity index (χ0v) is 16.4. The summed E-state index contributed by atoms with van der Waals surface area (Å²) in [6.07, 6.45) is 0. The van der Waals surface area contributed by atoms with Gasteiger partial charge in [0.2, 0.25) is 0 Å². The van der Waals surface area contributed by atoms with Gasteiger partial charge < -0.3 is 14.2 Å². The molecular formula is C23H21FO5. The van der Waals surface area contributed by atoms with Crippen LogP contribution in [0.25, 0.3) is 10.8 Å². The van der Waals surface area contributed by atoms with Crippen LogP contribution in [0.5, 0.6) is 11.5 Å². The summed E-state index contributed by atoms with van der Waals surface area (Å²) in [6, 6.07) is 15.2. The molecule has 0 aliphatic heterocycles. The Balaban J connectivity index is 1.66. The number of ketones is 1. The monoisotopic (exact) mass is 396 g/mol. The number of carbonyl (C=O) groups is 2. The highest BCUT2D eigenvalue weighted by Gasteiger charge is 2.19. The Labute approximate surface area is 168 Å². The molecule has 0 heterocycles. The van der Waals surface area contributed by atoms with Gasteiger partial charge in [-0.3, -0.25) is 9.59 Å². The van der Waals surface area contributed by atoms with Crippen LogP contribution in [0.4, 0.5) is 4.39 Å². The number of fused-ring (bicyclic) bond motifs is 1. The Morgan fingerprint density at radius 2 is 1.66 bits per heavy atom. The van der Waals surface area contributed by atoms with Crippen molar-refractivity contribution in [3.05, 3.63) is 71.5 Å². The van der Waals surface area contributed by atoms with Crippen molar-refractivity contribution in [2.45, 2.75) is 12.8 Å². The molecule has 0 aromatic heterocycles. The minimum Gasteiger partial charge on any atom is -0.497 e. The normalized spacial score (nSPS) is 11.7. The van der Waals surface area contributed by atoms with Crippen LogP contribution in [0.1, 0.15) is 28.8 Å². The third-order valence-electron chi connectivity index (χ3n) is 4.74. The Hall–Kier alpha value is -3.41. The summed E-state index contributed by atoms with van der Waals surface area (Å²) >= 11 is 0. The van der Waals surface area contributed by atoms with Gasteiger partial charge >= 0.3 is 5.97 Å². The fraction of sp³-hybridized carbons (Fsp3) is 0.217. The molecule has 5 nitrogen and oxygen atoms in total. The van der Waals surface area contributed by atoms with Gasteiger partial charge in [-0.15, -0.1) is 0 Å². The largest absolute Gasteiger partial charge is 0.497 e. The van der Waals surface area contributed by atoms with Gasteiger partial charge in [0, 0.05) is 5.56 Å². The van der Waals surface area contributed by atoms with Gasteiger partial charge in [-0.25, -0.2) is 4.39 Å². The standard InChI is InChI=1S/C23H21FO5/c1-14(15-4-5-17-11-19(27-2)8-6-16(17)10-15)23(26)29-13-21(25)18-7-9-22(28-3)20(24)12-18/h4-12,14H,13H2,1-3H3/t14-/m0/s1. The lowest BCUT2D eigenvalue weighted by Gasteiger charge is -2.13. The number of hydrogen-bond donors (Lipinski definition) is 0. The lowest BCUT2D eigenvalue weighted by atomic mass is 9.98. The number of rotatable bonds is 7. The highest BCUT2D eigenvalue weighted by molar-refractivity contribution is 5.98. The summed E-state index contributed by atoms with van der Waals surface area (Å²) in [5, 5.41) is 1.96. The van der Waals surface area contributed by atoms with Crippen LogP contribution in [-0.4, -0.2) is 32.6 Å². The minimum absolute atomic E-state index is 0.0427. The first kappa shape index (κ1) is 20.3. The van der Waals surface area contributed by atoms with E-state index in [9.17, 15) is 14.0 Å². The smallest absolute Gasteiger partial charge is 0.313 e. The Kier molecular flexibility index (Phi) is 6.12. The molecule has 0 saturated heterocycles. The second-order valence-corrected chi connectivity index (χ2v) is 6.57. The maximum Gasteiger partial charge on any atom is 0.313 e. The van der Waals surface area contributed by atoms with Crippen LogP contribution in [0.2, 0.25) is 0 Å². The van der Waals surface area contributed by atoms with E-state index in [4.69, 9.17) is 14.2 Å². The fourth-order valence-corrected chi connectivity index (χ4v) is 2.96. The first-order valence-electron chi connectivity index (χ1n) is 9.04. The molecule has 1 atom stereocenters. The second kappa shape index (κ2) is 8.73. The van der Waals surface area contributed by atoms with E-state index < -0.39 is 30.1 Å². The summed E-state index contributed by atoms with van der Waals surface area (Å²) in [5.41, 5.74) is 0.888. The van der Waals surface area contributed by atoms with Crippen molar-refractivity contribution >= 4 is 22.5 Å². The van der Waals surface area contributed by atoms with Gasteiger partial charge in [0.15, 0.2) is 24.0 Å². The van der Waals surface area contributed by atoms with Crippen molar-refractivity contribution < 1.29 is 28.2 Å². The van der Waals surface area contributed by atoms with E-state index in [-0.39, 0.29) is 11.3 Å². The van der Waals surface area contributed by atoms with Crippen LogP contribution in [0.3, 0.4) is 0 Å². The number of halogens is 1. The quantitative estimate of drug-likeness (QED) is 0.434. The molecule has 3 aromatic rings. The van der Waals surface area contributed by atoms with Crippen molar-refractivity contribution in [1.82, 2.24) is 0 Å². The third-order valence-corrected chi connectivity index (χ3v) is 4.74. The molecule has 0 aliphatic carbocycles. The maximum absolute atomic E-state index is 13.7. The molecule has 6 heteroatoms. The van der Waals surface area contributed by atoms with Crippen LogP contribution in [0.15, 0.2) is 54.6 Å². The molecule has 3 rings (SSSR count). The van der Waals surface area contributed by atoms with E-state index in [1.165, 1.54) is 19.2 Å². The van der Waals surface area contributed by atoms with Gasteiger partial charge in [0.05, 0.1) is 20.1 Å². The van der Waals surface area contributed by atoms with Crippen molar-refractivity contribution in [2.75, 3.05) is 20.8 Å². The molecule has 29 heavy (non-hydrogen) atoms. The van der Waals surface area contributed by atoms with Crippen LogP contribution < -0.4 is 9.47 Å². The molecule has 0 spiro atoms. The van der Waals surface area contributed by atoms with E-state index in [1.807, 2.05) is 36.4 Å². The van der Waals surface area contributed by atoms with Crippen molar-refractivity contribution in [3.63, 3.8) is 0 Å². The van der Waals surface area contributed by atoms with Gasteiger partial charge in [-0.1, -0.05) is 24.3 Å². The summed E-state index contributed by atoms with van der Waals surface area (Å²) in [6.45, 7) is 1.25. The lowest BCUT2D eigenvalue weighted by Crippen LogP contribution is -2.18. The predicted molar refractivity (Wildman–Crippen MR) is 107 cm³/mol. The number of esters is 1. The molecule has 0 amide bonds. The fourth-order valence-electron chi connectivity index (χ4n) is 2.96. The summed E-state index contributed by atoms with van der Waals surface area (Å²) < 4.78 is 28.9.